The van der Waals surface area contributed by atoms with Gasteiger partial charge in [-0.25, -0.2) is 9.59 Å². The van der Waals surface area contributed by atoms with E-state index in [1.807, 2.05) is 0 Å². The highest BCUT2D eigenvalue weighted by Gasteiger charge is 2.23. The number of esters is 1. The van der Waals surface area contributed by atoms with Gasteiger partial charge in [-0.3, -0.25) is 0 Å². The smallest absolute Gasteiger partial charge is 0.408 e. The van der Waals surface area contributed by atoms with E-state index < -0.39 is 23.7 Å². The van der Waals surface area contributed by atoms with E-state index in [1.165, 1.54) is 13.0 Å². The lowest BCUT2D eigenvalue weighted by atomic mass is 10.2. The molecule has 1 N–H and O–H groups in total. The summed E-state index contributed by atoms with van der Waals surface area (Å²) in [6.07, 6.45) is 0.774. The summed E-state index contributed by atoms with van der Waals surface area (Å²) < 4.78 is 9.74. The highest BCUT2D eigenvalue weighted by atomic mass is 16.6. The van der Waals surface area contributed by atoms with Crippen LogP contribution in [0.2, 0.25) is 0 Å². The molecule has 0 aliphatic carbocycles. The summed E-state index contributed by atoms with van der Waals surface area (Å²) in [7, 11) is 0. The van der Waals surface area contributed by atoms with Crippen LogP contribution >= 0.6 is 0 Å². The number of carbonyl (C=O) groups excluding carboxylic acids is 2. The molecule has 0 spiro atoms. The first-order valence-corrected chi connectivity index (χ1v) is 5.03. The first-order valence-electron chi connectivity index (χ1n) is 5.03. The van der Waals surface area contributed by atoms with E-state index in [1.54, 1.807) is 20.8 Å². The Bertz CT molecular complexity index is 268. The Kier molecular flexibility index (Phi) is 5.56. The fourth-order valence-corrected chi connectivity index (χ4v) is 0.802. The van der Waals surface area contributed by atoms with Crippen LogP contribution in [0.1, 0.15) is 27.7 Å². The van der Waals surface area contributed by atoms with Crippen LogP contribution in [-0.2, 0) is 14.3 Å². The summed E-state index contributed by atoms with van der Waals surface area (Å²) in [5.74, 6) is -0.497. The summed E-state index contributed by atoms with van der Waals surface area (Å²) in [5.41, 5.74) is -0.571. The van der Waals surface area contributed by atoms with Crippen molar-refractivity contribution in [1.29, 1.82) is 0 Å². The molecule has 0 bridgehead atoms. The zero-order chi connectivity index (χ0) is 12.8. The van der Waals surface area contributed by atoms with Crippen LogP contribution in [0.25, 0.3) is 0 Å². The zero-order valence-corrected chi connectivity index (χ0v) is 10.2. The summed E-state index contributed by atoms with van der Waals surface area (Å²) in [6.45, 7) is 10.3. The molecular formula is C11H19NO4. The monoisotopic (exact) mass is 229 g/mol. The maximum absolute atomic E-state index is 11.5. The van der Waals surface area contributed by atoms with Crippen LogP contribution in [0, 0.1) is 0 Å². The van der Waals surface area contributed by atoms with Crippen molar-refractivity contribution in [3.8, 4) is 0 Å². The second kappa shape index (κ2) is 6.15. The van der Waals surface area contributed by atoms with E-state index in [0.717, 1.165) is 0 Å². The van der Waals surface area contributed by atoms with Gasteiger partial charge >= 0.3 is 12.1 Å². The molecule has 0 rings (SSSR count). The first kappa shape index (κ1) is 14.5. The molecule has 0 aliphatic rings. The number of amides is 1. The average molecular weight is 229 g/mol. The number of alkyl carbamates (subject to hydrolysis) is 1. The minimum absolute atomic E-state index is 0.104. The Morgan fingerprint density at radius 2 is 2.00 bits per heavy atom. The largest absolute Gasteiger partial charge is 0.458 e. The second-order valence-corrected chi connectivity index (χ2v) is 4.29. The topological polar surface area (TPSA) is 64.6 Å². The third kappa shape index (κ3) is 6.86. The highest BCUT2D eigenvalue weighted by Crippen LogP contribution is 2.08. The number of carbonyl (C=O) groups is 2. The molecule has 16 heavy (non-hydrogen) atoms. The molecular weight excluding hydrogens is 210 g/mol. The number of nitrogens with one attached hydrogen (secondary N) is 1. The van der Waals surface area contributed by atoms with Crippen LogP contribution in [0.5, 0.6) is 0 Å². The van der Waals surface area contributed by atoms with Gasteiger partial charge in [-0.05, 0) is 27.7 Å². The maximum Gasteiger partial charge on any atom is 0.408 e. The lowest BCUT2D eigenvalue weighted by molar-refractivity contribution is -0.156. The molecule has 0 fully saturated rings. The lowest BCUT2D eigenvalue weighted by Gasteiger charge is -2.22. The van der Waals surface area contributed by atoms with Crippen molar-refractivity contribution in [3.63, 3.8) is 0 Å². The van der Waals surface area contributed by atoms with Gasteiger partial charge in [0, 0.05) is 0 Å². The van der Waals surface area contributed by atoms with Crippen LogP contribution in [0.4, 0.5) is 4.79 Å². The van der Waals surface area contributed by atoms with Crippen LogP contribution in [0.15, 0.2) is 12.7 Å². The molecule has 0 radical (unpaired) electrons. The summed E-state index contributed by atoms with van der Waals surface area (Å²) in [4.78, 5) is 22.5. The van der Waals surface area contributed by atoms with Gasteiger partial charge in [0.1, 0.15) is 18.2 Å². The molecule has 5 nitrogen and oxygen atoms in total. The molecule has 1 amide bonds. The van der Waals surface area contributed by atoms with E-state index in [2.05, 4.69) is 16.6 Å². The van der Waals surface area contributed by atoms with E-state index >= 15 is 0 Å². The third-order valence-electron chi connectivity index (χ3n) is 1.43. The highest BCUT2D eigenvalue weighted by molar-refractivity contribution is 5.81. The predicted octanol–water partition coefficient (Wildman–Crippen LogP) is 1.63. The van der Waals surface area contributed by atoms with Crippen molar-refractivity contribution >= 4 is 12.1 Å². The van der Waals surface area contributed by atoms with Crippen molar-refractivity contribution in [1.82, 2.24) is 5.32 Å². The molecule has 0 aromatic rings. The van der Waals surface area contributed by atoms with Crippen molar-refractivity contribution in [2.45, 2.75) is 39.3 Å². The molecule has 5 heteroatoms. The number of rotatable bonds is 4. The quantitative estimate of drug-likeness (QED) is 0.587. The van der Waals surface area contributed by atoms with E-state index in [0.29, 0.717) is 0 Å². The average Bonchev–Trinajstić information content (AvgIpc) is 2.11. The molecule has 0 saturated carbocycles. The van der Waals surface area contributed by atoms with Gasteiger partial charge in [0.2, 0.25) is 0 Å². The van der Waals surface area contributed by atoms with Gasteiger partial charge in [0.15, 0.2) is 0 Å². The Morgan fingerprint density at radius 3 is 2.44 bits per heavy atom. The standard InChI is InChI=1S/C11H19NO4/c1-6-7-15-10(14)12-8(2)9(13)16-11(3,4)5/h6,8H,1,7H2,2-5H3,(H,12,14)/t8-/m0/s1. The molecule has 1 atom stereocenters. The molecule has 0 aromatic heterocycles. The van der Waals surface area contributed by atoms with E-state index in [4.69, 9.17) is 4.74 Å². The van der Waals surface area contributed by atoms with E-state index in [9.17, 15) is 9.59 Å². The molecule has 0 heterocycles. The predicted molar refractivity (Wildman–Crippen MR) is 60.0 cm³/mol. The molecule has 0 aliphatic heterocycles. The fourth-order valence-electron chi connectivity index (χ4n) is 0.802. The van der Waals surface area contributed by atoms with Gasteiger partial charge < -0.3 is 14.8 Å². The SMILES string of the molecule is C=CCOC(=O)N[C@@H](C)C(=O)OC(C)(C)C. The van der Waals surface area contributed by atoms with Gasteiger partial charge in [-0.15, -0.1) is 0 Å². The van der Waals surface area contributed by atoms with Gasteiger partial charge in [-0.2, -0.15) is 0 Å². The number of hydrogen-bond donors (Lipinski definition) is 1. The number of hydrogen-bond acceptors (Lipinski definition) is 4. The normalized spacial score (nSPS) is 12.5. The Labute approximate surface area is 95.8 Å². The summed E-state index contributed by atoms with van der Waals surface area (Å²) >= 11 is 0. The molecule has 0 saturated heterocycles. The molecule has 92 valence electrons. The van der Waals surface area contributed by atoms with Crippen molar-refractivity contribution in [3.05, 3.63) is 12.7 Å². The Morgan fingerprint density at radius 1 is 1.44 bits per heavy atom. The lowest BCUT2D eigenvalue weighted by Crippen LogP contribution is -2.42. The third-order valence-corrected chi connectivity index (χ3v) is 1.43. The molecule has 0 aromatic carbocycles. The second-order valence-electron chi connectivity index (χ2n) is 4.29. The van der Waals surface area contributed by atoms with Crippen LogP contribution < -0.4 is 5.32 Å². The fraction of sp³-hybridized carbons (Fsp3) is 0.636. The minimum Gasteiger partial charge on any atom is -0.458 e. The Balaban J connectivity index is 4.05. The van der Waals surface area contributed by atoms with Gasteiger partial charge in [0.05, 0.1) is 0 Å². The van der Waals surface area contributed by atoms with Crippen molar-refractivity contribution in [2.75, 3.05) is 6.61 Å². The maximum atomic E-state index is 11.5. The summed E-state index contributed by atoms with van der Waals surface area (Å²) in [5, 5.41) is 2.35. The molecule has 0 unspecified atom stereocenters. The van der Waals surface area contributed by atoms with Crippen LogP contribution in [0.3, 0.4) is 0 Å². The first-order chi connectivity index (χ1) is 7.26. The summed E-state index contributed by atoms with van der Waals surface area (Å²) in [6, 6.07) is -0.739. The number of ether oxygens (including phenoxy) is 2. The van der Waals surface area contributed by atoms with Crippen molar-refractivity contribution < 1.29 is 19.1 Å². The van der Waals surface area contributed by atoms with Gasteiger partial charge in [-0.1, -0.05) is 12.7 Å². The Hall–Kier alpha value is -1.52. The van der Waals surface area contributed by atoms with Crippen molar-refractivity contribution in [2.24, 2.45) is 0 Å². The van der Waals surface area contributed by atoms with E-state index in [-0.39, 0.29) is 6.61 Å². The van der Waals surface area contributed by atoms with Gasteiger partial charge in [0.25, 0.3) is 0 Å². The minimum atomic E-state index is -0.739. The zero-order valence-electron chi connectivity index (χ0n) is 10.2. The van der Waals surface area contributed by atoms with Crippen LogP contribution in [-0.4, -0.2) is 30.3 Å².